The maximum atomic E-state index is 12.7. The molecule has 5 heteroatoms. The number of benzene rings is 1. The Morgan fingerprint density at radius 2 is 2.00 bits per heavy atom. The Hall–Kier alpha value is -2.69. The molecule has 0 saturated heterocycles. The Morgan fingerprint density at radius 1 is 1.22 bits per heavy atom. The SMILES string of the molecule is CC(C)[C@@H](C(=O)Nc1cccnc1)N1Cc2ccccc2C1=O. The van der Waals surface area contributed by atoms with Gasteiger partial charge >= 0.3 is 0 Å². The molecule has 0 spiro atoms. The molecule has 3 rings (SSSR count). The van der Waals surface area contributed by atoms with Gasteiger partial charge in [-0.2, -0.15) is 0 Å². The summed E-state index contributed by atoms with van der Waals surface area (Å²) in [6.07, 6.45) is 3.24. The van der Waals surface area contributed by atoms with E-state index in [4.69, 9.17) is 0 Å². The van der Waals surface area contributed by atoms with Gasteiger partial charge in [0.05, 0.1) is 11.9 Å². The highest BCUT2D eigenvalue weighted by Crippen LogP contribution is 2.27. The number of carbonyl (C=O) groups is 2. The summed E-state index contributed by atoms with van der Waals surface area (Å²) in [5, 5.41) is 2.85. The lowest BCUT2D eigenvalue weighted by Crippen LogP contribution is -2.47. The van der Waals surface area contributed by atoms with Crippen molar-refractivity contribution >= 4 is 17.5 Å². The first-order chi connectivity index (χ1) is 11.1. The third-order valence-electron chi connectivity index (χ3n) is 4.01. The number of aromatic nitrogens is 1. The summed E-state index contributed by atoms with van der Waals surface area (Å²) >= 11 is 0. The van der Waals surface area contributed by atoms with Crippen LogP contribution in [0.25, 0.3) is 0 Å². The number of amides is 2. The van der Waals surface area contributed by atoms with Gasteiger partial charge in [0.25, 0.3) is 5.91 Å². The van der Waals surface area contributed by atoms with Crippen LogP contribution < -0.4 is 5.32 Å². The van der Waals surface area contributed by atoms with Crippen molar-refractivity contribution in [1.29, 1.82) is 0 Å². The highest BCUT2D eigenvalue weighted by atomic mass is 16.2. The minimum atomic E-state index is -0.518. The number of rotatable bonds is 4. The molecule has 2 heterocycles. The fourth-order valence-electron chi connectivity index (χ4n) is 2.96. The molecule has 0 fully saturated rings. The second-order valence-corrected chi connectivity index (χ2v) is 6.01. The zero-order chi connectivity index (χ0) is 16.4. The van der Waals surface area contributed by atoms with Crippen LogP contribution in [-0.4, -0.2) is 27.7 Å². The highest BCUT2D eigenvalue weighted by Gasteiger charge is 2.37. The van der Waals surface area contributed by atoms with E-state index in [-0.39, 0.29) is 17.7 Å². The number of pyridine rings is 1. The maximum Gasteiger partial charge on any atom is 0.255 e. The van der Waals surface area contributed by atoms with Crippen LogP contribution in [0.1, 0.15) is 29.8 Å². The first-order valence-electron chi connectivity index (χ1n) is 7.67. The van der Waals surface area contributed by atoms with Crippen molar-refractivity contribution in [3.8, 4) is 0 Å². The van der Waals surface area contributed by atoms with Crippen molar-refractivity contribution < 1.29 is 9.59 Å². The van der Waals surface area contributed by atoms with Crippen LogP contribution >= 0.6 is 0 Å². The maximum absolute atomic E-state index is 12.7. The van der Waals surface area contributed by atoms with Gasteiger partial charge in [-0.1, -0.05) is 32.0 Å². The first kappa shape index (κ1) is 15.2. The summed E-state index contributed by atoms with van der Waals surface area (Å²) in [6, 6.07) is 10.5. The lowest BCUT2D eigenvalue weighted by Gasteiger charge is -2.29. The zero-order valence-corrected chi connectivity index (χ0v) is 13.2. The monoisotopic (exact) mass is 309 g/mol. The van der Waals surface area contributed by atoms with Gasteiger partial charge in [-0.05, 0) is 29.7 Å². The molecule has 1 aromatic heterocycles. The van der Waals surface area contributed by atoms with Crippen molar-refractivity contribution in [1.82, 2.24) is 9.88 Å². The quantitative estimate of drug-likeness (QED) is 0.944. The molecule has 0 unspecified atom stereocenters. The Balaban J connectivity index is 1.83. The largest absolute Gasteiger partial charge is 0.323 e. The molecule has 0 radical (unpaired) electrons. The molecule has 5 nitrogen and oxygen atoms in total. The lowest BCUT2D eigenvalue weighted by molar-refractivity contribution is -0.122. The number of nitrogens with zero attached hydrogens (tertiary/aromatic N) is 2. The Bertz CT molecular complexity index is 728. The molecule has 1 aliphatic rings. The van der Waals surface area contributed by atoms with Crippen LogP contribution in [0.2, 0.25) is 0 Å². The minimum absolute atomic E-state index is 0.00457. The smallest absolute Gasteiger partial charge is 0.255 e. The van der Waals surface area contributed by atoms with Crippen molar-refractivity contribution in [2.45, 2.75) is 26.4 Å². The standard InChI is InChI=1S/C18H19N3O2/c1-12(2)16(17(22)20-14-7-5-9-19-10-14)21-11-13-6-3-4-8-15(13)18(21)23/h3-10,12,16H,11H2,1-2H3,(H,20,22)/t16-/m0/s1. The molecule has 0 saturated carbocycles. The van der Waals surface area contributed by atoms with E-state index in [1.807, 2.05) is 38.1 Å². The van der Waals surface area contributed by atoms with Crippen molar-refractivity contribution in [2.75, 3.05) is 5.32 Å². The van der Waals surface area contributed by atoms with Crippen LogP contribution in [0.3, 0.4) is 0 Å². The molecular weight excluding hydrogens is 290 g/mol. The van der Waals surface area contributed by atoms with E-state index in [0.717, 1.165) is 5.56 Å². The summed E-state index contributed by atoms with van der Waals surface area (Å²) in [4.78, 5) is 31.0. The van der Waals surface area contributed by atoms with Gasteiger partial charge in [0, 0.05) is 18.3 Å². The molecule has 0 bridgehead atoms. The fourth-order valence-corrected chi connectivity index (χ4v) is 2.96. The van der Waals surface area contributed by atoms with Crippen molar-refractivity contribution in [3.63, 3.8) is 0 Å². The number of carbonyl (C=O) groups excluding carboxylic acids is 2. The van der Waals surface area contributed by atoms with Gasteiger partial charge in [0.1, 0.15) is 6.04 Å². The summed E-state index contributed by atoms with van der Waals surface area (Å²) in [7, 11) is 0. The molecule has 2 aromatic rings. The summed E-state index contributed by atoms with van der Waals surface area (Å²) in [5.41, 5.74) is 2.29. The van der Waals surface area contributed by atoms with Gasteiger partial charge in [-0.3, -0.25) is 14.6 Å². The van der Waals surface area contributed by atoms with E-state index < -0.39 is 6.04 Å². The van der Waals surface area contributed by atoms with E-state index in [0.29, 0.717) is 17.8 Å². The second kappa shape index (κ2) is 6.20. The van der Waals surface area contributed by atoms with E-state index in [2.05, 4.69) is 10.3 Å². The van der Waals surface area contributed by atoms with Gasteiger partial charge in [-0.25, -0.2) is 0 Å². The Kier molecular flexibility index (Phi) is 4.10. The normalized spacial score (nSPS) is 14.7. The number of nitrogens with one attached hydrogen (secondary N) is 1. The van der Waals surface area contributed by atoms with E-state index >= 15 is 0 Å². The van der Waals surface area contributed by atoms with E-state index in [1.165, 1.54) is 0 Å². The van der Waals surface area contributed by atoms with Crippen LogP contribution in [-0.2, 0) is 11.3 Å². The average Bonchev–Trinajstić information content (AvgIpc) is 2.85. The van der Waals surface area contributed by atoms with Gasteiger partial charge in [-0.15, -0.1) is 0 Å². The molecule has 1 N–H and O–H groups in total. The van der Waals surface area contributed by atoms with Gasteiger partial charge < -0.3 is 10.2 Å². The van der Waals surface area contributed by atoms with Crippen molar-refractivity contribution in [3.05, 3.63) is 59.9 Å². The molecule has 23 heavy (non-hydrogen) atoms. The number of hydrogen-bond donors (Lipinski definition) is 1. The second-order valence-electron chi connectivity index (χ2n) is 6.01. The summed E-state index contributed by atoms with van der Waals surface area (Å²) in [6.45, 7) is 4.37. The fraction of sp³-hybridized carbons (Fsp3) is 0.278. The first-order valence-corrected chi connectivity index (χ1v) is 7.67. The van der Waals surface area contributed by atoms with E-state index in [9.17, 15) is 9.59 Å². The predicted octanol–water partition coefficient (Wildman–Crippen LogP) is 2.70. The Labute approximate surface area is 135 Å². The highest BCUT2D eigenvalue weighted by molar-refractivity contribution is 6.03. The summed E-state index contributed by atoms with van der Waals surface area (Å²) < 4.78 is 0. The summed E-state index contributed by atoms with van der Waals surface area (Å²) in [5.74, 6) is -0.264. The molecule has 118 valence electrons. The molecule has 2 amide bonds. The number of anilines is 1. The van der Waals surface area contributed by atoms with Gasteiger partial charge in [0.2, 0.25) is 5.91 Å². The van der Waals surface area contributed by atoms with Crippen LogP contribution in [0.5, 0.6) is 0 Å². The third kappa shape index (κ3) is 2.95. The number of fused-ring (bicyclic) bond motifs is 1. The van der Waals surface area contributed by atoms with Crippen LogP contribution in [0, 0.1) is 5.92 Å². The topological polar surface area (TPSA) is 62.3 Å². The van der Waals surface area contributed by atoms with Gasteiger partial charge in [0.15, 0.2) is 0 Å². The van der Waals surface area contributed by atoms with E-state index in [1.54, 1.807) is 29.4 Å². The molecular formula is C18H19N3O2. The molecule has 1 aromatic carbocycles. The van der Waals surface area contributed by atoms with Crippen LogP contribution in [0.4, 0.5) is 5.69 Å². The predicted molar refractivity (Wildman–Crippen MR) is 87.8 cm³/mol. The average molecular weight is 309 g/mol. The minimum Gasteiger partial charge on any atom is -0.323 e. The molecule has 1 aliphatic heterocycles. The third-order valence-corrected chi connectivity index (χ3v) is 4.01. The van der Waals surface area contributed by atoms with Crippen molar-refractivity contribution in [2.24, 2.45) is 5.92 Å². The van der Waals surface area contributed by atoms with Crippen LogP contribution in [0.15, 0.2) is 48.8 Å². The Morgan fingerprint density at radius 3 is 2.65 bits per heavy atom. The number of hydrogen-bond acceptors (Lipinski definition) is 3. The zero-order valence-electron chi connectivity index (χ0n) is 13.2. The molecule has 0 aliphatic carbocycles. The molecule has 1 atom stereocenters. The lowest BCUT2D eigenvalue weighted by atomic mass is 10.0.